The van der Waals surface area contributed by atoms with Gasteiger partial charge < -0.3 is 10.0 Å². The Bertz CT molecular complexity index is 601. The minimum absolute atomic E-state index is 0.230. The summed E-state index contributed by atoms with van der Waals surface area (Å²) in [5, 5.41) is 9.33. The van der Waals surface area contributed by atoms with E-state index in [-0.39, 0.29) is 18.5 Å². The van der Waals surface area contributed by atoms with Gasteiger partial charge in [0.05, 0.1) is 12.6 Å². The van der Waals surface area contributed by atoms with E-state index in [1.807, 2.05) is 11.8 Å². The third-order valence-corrected chi connectivity index (χ3v) is 3.53. The van der Waals surface area contributed by atoms with Gasteiger partial charge in [0, 0.05) is 23.9 Å². The fourth-order valence-corrected chi connectivity index (χ4v) is 2.26. The third-order valence-electron chi connectivity index (χ3n) is 3.53. The lowest BCUT2D eigenvalue weighted by atomic mass is 10.0. The molecule has 0 aliphatic rings. The van der Waals surface area contributed by atoms with Crippen molar-refractivity contribution in [2.45, 2.75) is 19.6 Å². The molecule has 0 fully saturated rings. The molecule has 0 aliphatic carbocycles. The summed E-state index contributed by atoms with van der Waals surface area (Å²) in [5.41, 5.74) is 1.73. The zero-order valence-electron chi connectivity index (χ0n) is 11.5. The van der Waals surface area contributed by atoms with E-state index in [0.29, 0.717) is 16.8 Å². The van der Waals surface area contributed by atoms with Crippen molar-refractivity contribution < 1.29 is 13.9 Å². The van der Waals surface area contributed by atoms with Crippen LogP contribution in [0.4, 0.5) is 14.5 Å². The van der Waals surface area contributed by atoms with Gasteiger partial charge in [0.2, 0.25) is 0 Å². The third kappa shape index (κ3) is 2.80. The number of hydrogen-bond donors (Lipinski definition) is 1. The molecule has 0 radical (unpaired) electrons. The van der Waals surface area contributed by atoms with Crippen LogP contribution in [-0.4, -0.2) is 12.2 Å². The van der Waals surface area contributed by atoms with Gasteiger partial charge in [0.1, 0.15) is 11.6 Å². The molecule has 2 nitrogen and oxygen atoms in total. The first-order chi connectivity index (χ1) is 9.54. The number of anilines is 1. The summed E-state index contributed by atoms with van der Waals surface area (Å²) in [6.07, 6.45) is 0. The molecule has 4 heteroatoms. The molecule has 1 atom stereocenters. The maximum absolute atomic E-state index is 13.8. The molecule has 0 spiro atoms. The number of aliphatic hydroxyl groups is 1. The van der Waals surface area contributed by atoms with Crippen molar-refractivity contribution in [3.05, 3.63) is 65.2 Å². The lowest BCUT2D eigenvalue weighted by Gasteiger charge is -2.29. The van der Waals surface area contributed by atoms with Crippen LogP contribution in [0.25, 0.3) is 0 Å². The van der Waals surface area contributed by atoms with E-state index >= 15 is 0 Å². The Morgan fingerprint density at radius 1 is 1.15 bits per heavy atom. The maximum Gasteiger partial charge on any atom is 0.128 e. The second-order valence-electron chi connectivity index (χ2n) is 4.74. The van der Waals surface area contributed by atoms with Crippen molar-refractivity contribution in [3.8, 4) is 0 Å². The van der Waals surface area contributed by atoms with Gasteiger partial charge in [-0.2, -0.15) is 0 Å². The molecular formula is C16H17F2NO. The molecule has 2 rings (SSSR count). The molecule has 0 heterocycles. The van der Waals surface area contributed by atoms with Crippen LogP contribution in [0, 0.1) is 11.6 Å². The van der Waals surface area contributed by atoms with Crippen LogP contribution < -0.4 is 4.90 Å². The molecular weight excluding hydrogens is 260 g/mol. The van der Waals surface area contributed by atoms with Crippen LogP contribution in [0.5, 0.6) is 0 Å². The Labute approximate surface area is 117 Å². The summed E-state index contributed by atoms with van der Waals surface area (Å²) in [7, 11) is 1.80. The normalized spacial score (nSPS) is 12.2. The SMILES string of the molecule is CC(c1ccccc1F)N(C)c1ccc(F)cc1CO. The molecule has 0 amide bonds. The van der Waals surface area contributed by atoms with Gasteiger partial charge in [-0.15, -0.1) is 0 Å². The quantitative estimate of drug-likeness (QED) is 0.922. The number of aliphatic hydroxyl groups excluding tert-OH is 1. The summed E-state index contributed by atoms with van der Waals surface area (Å²) >= 11 is 0. The second-order valence-corrected chi connectivity index (χ2v) is 4.74. The van der Waals surface area contributed by atoms with Crippen molar-refractivity contribution in [3.63, 3.8) is 0 Å². The first kappa shape index (κ1) is 14.5. The highest BCUT2D eigenvalue weighted by molar-refractivity contribution is 5.54. The average molecular weight is 277 g/mol. The van der Waals surface area contributed by atoms with Crippen LogP contribution in [0.1, 0.15) is 24.1 Å². The number of hydrogen-bond acceptors (Lipinski definition) is 2. The molecule has 1 N–H and O–H groups in total. The molecule has 0 saturated carbocycles. The van der Waals surface area contributed by atoms with E-state index < -0.39 is 5.82 Å². The number of rotatable bonds is 4. The van der Waals surface area contributed by atoms with E-state index in [2.05, 4.69) is 0 Å². The molecule has 0 bridgehead atoms. The largest absolute Gasteiger partial charge is 0.392 e. The summed E-state index contributed by atoms with van der Waals surface area (Å²) in [6, 6.07) is 10.5. The van der Waals surface area contributed by atoms with Crippen molar-refractivity contribution in [2.24, 2.45) is 0 Å². The Kier molecular flexibility index (Phi) is 4.35. The van der Waals surface area contributed by atoms with Crippen LogP contribution in [0.3, 0.4) is 0 Å². The lowest BCUT2D eigenvalue weighted by molar-refractivity contribution is 0.281. The van der Waals surface area contributed by atoms with Crippen LogP contribution >= 0.6 is 0 Å². The van der Waals surface area contributed by atoms with E-state index in [1.54, 1.807) is 31.3 Å². The number of benzene rings is 2. The number of nitrogens with zero attached hydrogens (tertiary/aromatic N) is 1. The van der Waals surface area contributed by atoms with Crippen molar-refractivity contribution in [1.82, 2.24) is 0 Å². The molecule has 0 aromatic heterocycles. The summed E-state index contributed by atoms with van der Waals surface area (Å²) in [4.78, 5) is 1.82. The fraction of sp³-hybridized carbons (Fsp3) is 0.250. The maximum atomic E-state index is 13.8. The standard InChI is InChI=1S/C16H17F2NO/c1-11(14-5-3-4-6-15(14)18)19(2)16-8-7-13(17)9-12(16)10-20/h3-9,11,20H,10H2,1-2H3. The zero-order valence-corrected chi connectivity index (χ0v) is 11.5. The summed E-state index contributed by atoms with van der Waals surface area (Å²) in [6.45, 7) is 1.60. The Morgan fingerprint density at radius 2 is 1.85 bits per heavy atom. The van der Waals surface area contributed by atoms with Gasteiger partial charge in [-0.3, -0.25) is 0 Å². The summed E-state index contributed by atoms with van der Waals surface area (Å²) < 4.78 is 27.0. The van der Waals surface area contributed by atoms with Crippen LogP contribution in [-0.2, 0) is 6.61 Å². The van der Waals surface area contributed by atoms with Crippen LogP contribution in [0.15, 0.2) is 42.5 Å². The van der Waals surface area contributed by atoms with Gasteiger partial charge >= 0.3 is 0 Å². The average Bonchev–Trinajstić information content (AvgIpc) is 2.46. The zero-order chi connectivity index (χ0) is 14.7. The van der Waals surface area contributed by atoms with E-state index in [9.17, 15) is 13.9 Å². The van der Waals surface area contributed by atoms with Crippen molar-refractivity contribution in [1.29, 1.82) is 0 Å². The van der Waals surface area contributed by atoms with Gasteiger partial charge in [-0.25, -0.2) is 8.78 Å². The van der Waals surface area contributed by atoms with Gasteiger partial charge in [0.15, 0.2) is 0 Å². The lowest BCUT2D eigenvalue weighted by Crippen LogP contribution is -2.23. The second kappa shape index (κ2) is 6.01. The molecule has 106 valence electrons. The van der Waals surface area contributed by atoms with E-state index in [0.717, 1.165) is 0 Å². The van der Waals surface area contributed by atoms with Crippen molar-refractivity contribution >= 4 is 5.69 Å². The number of halogens is 2. The highest BCUT2D eigenvalue weighted by Gasteiger charge is 2.18. The Morgan fingerprint density at radius 3 is 2.50 bits per heavy atom. The van der Waals surface area contributed by atoms with E-state index in [4.69, 9.17) is 0 Å². The smallest absolute Gasteiger partial charge is 0.128 e. The minimum Gasteiger partial charge on any atom is -0.392 e. The monoisotopic (exact) mass is 277 g/mol. The predicted octanol–water partition coefficient (Wildman–Crippen LogP) is 3.65. The highest BCUT2D eigenvalue weighted by Crippen LogP contribution is 2.29. The van der Waals surface area contributed by atoms with Gasteiger partial charge in [0.25, 0.3) is 0 Å². The van der Waals surface area contributed by atoms with Gasteiger partial charge in [-0.1, -0.05) is 18.2 Å². The first-order valence-electron chi connectivity index (χ1n) is 6.41. The Balaban J connectivity index is 2.36. The topological polar surface area (TPSA) is 23.5 Å². The Hall–Kier alpha value is -1.94. The first-order valence-corrected chi connectivity index (χ1v) is 6.41. The molecule has 2 aromatic rings. The van der Waals surface area contributed by atoms with Gasteiger partial charge in [-0.05, 0) is 31.2 Å². The van der Waals surface area contributed by atoms with Crippen LogP contribution in [0.2, 0.25) is 0 Å². The minimum atomic E-state index is -0.398. The summed E-state index contributed by atoms with van der Waals surface area (Å²) in [5.74, 6) is -0.677. The molecule has 0 aliphatic heterocycles. The molecule has 2 aromatic carbocycles. The van der Waals surface area contributed by atoms with Crippen molar-refractivity contribution in [2.75, 3.05) is 11.9 Å². The highest BCUT2D eigenvalue weighted by atomic mass is 19.1. The molecule has 0 saturated heterocycles. The fourth-order valence-electron chi connectivity index (χ4n) is 2.26. The molecule has 1 unspecified atom stereocenters. The predicted molar refractivity (Wildman–Crippen MR) is 75.5 cm³/mol. The molecule has 20 heavy (non-hydrogen) atoms. The van der Waals surface area contributed by atoms with E-state index in [1.165, 1.54) is 18.2 Å².